The van der Waals surface area contributed by atoms with Gasteiger partial charge in [0.05, 0.1) is 17.5 Å². The van der Waals surface area contributed by atoms with Gasteiger partial charge in [0.15, 0.2) is 15.7 Å². The van der Waals surface area contributed by atoms with Gasteiger partial charge in [0.2, 0.25) is 0 Å². The number of aryl methyl sites for hydroxylation is 1. The number of hydrogen-bond acceptors (Lipinski definition) is 6. The van der Waals surface area contributed by atoms with E-state index in [9.17, 15) is 8.42 Å². The van der Waals surface area contributed by atoms with Crippen molar-refractivity contribution in [2.24, 2.45) is 0 Å². The molecule has 1 unspecified atom stereocenters. The number of fused-ring (bicyclic) bond motifs is 1. The van der Waals surface area contributed by atoms with Gasteiger partial charge in [0, 0.05) is 37.3 Å². The van der Waals surface area contributed by atoms with E-state index in [0.29, 0.717) is 11.4 Å². The van der Waals surface area contributed by atoms with E-state index in [1.54, 1.807) is 12.1 Å². The number of sulfone groups is 1. The molecule has 8 heteroatoms. The SMILES string of the molecule is Cc1cncc(-c2nnc3n2CCN(C(c2ccccc2)c2ccc(S(C)(=O)=O)cc2)C3)c1. The number of benzene rings is 2. The average molecular weight is 460 g/mol. The fraction of sp³-hybridized carbons (Fsp3) is 0.240. The summed E-state index contributed by atoms with van der Waals surface area (Å²) in [6.45, 7) is 4.23. The summed E-state index contributed by atoms with van der Waals surface area (Å²) in [6, 6.07) is 19.5. The quantitative estimate of drug-likeness (QED) is 0.453. The Hall–Kier alpha value is -3.36. The summed E-state index contributed by atoms with van der Waals surface area (Å²) in [5.41, 5.74) is 4.26. The van der Waals surface area contributed by atoms with Crippen molar-refractivity contribution in [3.05, 3.63) is 95.6 Å². The minimum Gasteiger partial charge on any atom is -0.309 e. The lowest BCUT2D eigenvalue weighted by molar-refractivity contribution is 0.176. The fourth-order valence-corrected chi connectivity index (χ4v) is 5.06. The van der Waals surface area contributed by atoms with Crippen LogP contribution in [0.25, 0.3) is 11.4 Å². The first-order valence-corrected chi connectivity index (χ1v) is 12.7. The molecule has 0 N–H and O–H groups in total. The van der Waals surface area contributed by atoms with E-state index < -0.39 is 9.84 Å². The number of hydrogen-bond donors (Lipinski definition) is 0. The summed E-state index contributed by atoms with van der Waals surface area (Å²) in [4.78, 5) is 7.00. The molecule has 2 aromatic heterocycles. The van der Waals surface area contributed by atoms with Gasteiger partial charge in [0.25, 0.3) is 0 Å². The second-order valence-corrected chi connectivity index (χ2v) is 10.5. The Morgan fingerprint density at radius 3 is 2.33 bits per heavy atom. The summed E-state index contributed by atoms with van der Waals surface area (Å²) in [7, 11) is -3.24. The maximum atomic E-state index is 11.9. The zero-order chi connectivity index (χ0) is 23.0. The van der Waals surface area contributed by atoms with E-state index in [4.69, 9.17) is 0 Å². The molecule has 0 aliphatic carbocycles. The van der Waals surface area contributed by atoms with Crippen molar-refractivity contribution in [1.82, 2.24) is 24.6 Å². The third kappa shape index (κ3) is 4.31. The molecule has 0 saturated heterocycles. The van der Waals surface area contributed by atoms with E-state index in [2.05, 4.69) is 42.8 Å². The zero-order valence-electron chi connectivity index (χ0n) is 18.6. The molecule has 0 amide bonds. The first kappa shape index (κ1) is 21.5. The van der Waals surface area contributed by atoms with Crippen LogP contribution in [0.5, 0.6) is 0 Å². The predicted octanol–water partition coefficient (Wildman–Crippen LogP) is 3.66. The van der Waals surface area contributed by atoms with Crippen LogP contribution in [0.1, 0.15) is 28.6 Å². The number of pyridine rings is 1. The van der Waals surface area contributed by atoms with Crippen LogP contribution in [-0.2, 0) is 22.9 Å². The Morgan fingerprint density at radius 1 is 0.909 bits per heavy atom. The highest BCUT2D eigenvalue weighted by atomic mass is 32.2. The van der Waals surface area contributed by atoms with E-state index in [-0.39, 0.29) is 6.04 Å². The van der Waals surface area contributed by atoms with Gasteiger partial charge in [-0.05, 0) is 41.8 Å². The lowest BCUT2D eigenvalue weighted by atomic mass is 9.96. The Labute approximate surface area is 193 Å². The van der Waals surface area contributed by atoms with Crippen LogP contribution in [0.3, 0.4) is 0 Å². The summed E-state index contributed by atoms with van der Waals surface area (Å²) < 4.78 is 26.0. The van der Waals surface area contributed by atoms with Crippen molar-refractivity contribution in [3.63, 3.8) is 0 Å². The highest BCUT2D eigenvalue weighted by Gasteiger charge is 2.29. The molecule has 1 aliphatic heterocycles. The van der Waals surface area contributed by atoms with E-state index >= 15 is 0 Å². The third-order valence-electron chi connectivity index (χ3n) is 6.02. The Morgan fingerprint density at radius 2 is 1.64 bits per heavy atom. The van der Waals surface area contributed by atoms with Crippen LogP contribution in [0, 0.1) is 6.92 Å². The Balaban J connectivity index is 1.49. The molecule has 0 radical (unpaired) electrons. The lowest BCUT2D eigenvalue weighted by Crippen LogP contribution is -2.37. The summed E-state index contributed by atoms with van der Waals surface area (Å²) in [5.74, 6) is 1.75. The number of aromatic nitrogens is 4. The summed E-state index contributed by atoms with van der Waals surface area (Å²) in [6.07, 6.45) is 4.89. The lowest BCUT2D eigenvalue weighted by Gasteiger charge is -2.35. The van der Waals surface area contributed by atoms with Crippen molar-refractivity contribution in [2.75, 3.05) is 12.8 Å². The molecular weight excluding hydrogens is 434 g/mol. The molecule has 33 heavy (non-hydrogen) atoms. The third-order valence-corrected chi connectivity index (χ3v) is 7.15. The molecule has 0 saturated carbocycles. The van der Waals surface area contributed by atoms with Crippen LogP contribution < -0.4 is 0 Å². The van der Waals surface area contributed by atoms with Crippen LogP contribution in [0.15, 0.2) is 78.0 Å². The van der Waals surface area contributed by atoms with Crippen LogP contribution in [-0.4, -0.2) is 45.9 Å². The maximum Gasteiger partial charge on any atom is 0.175 e. The molecule has 1 aliphatic rings. The molecule has 0 spiro atoms. The average Bonchev–Trinajstić information content (AvgIpc) is 3.23. The molecule has 4 aromatic rings. The van der Waals surface area contributed by atoms with E-state index in [1.807, 2.05) is 49.6 Å². The number of rotatable bonds is 5. The van der Waals surface area contributed by atoms with Crippen molar-refractivity contribution < 1.29 is 8.42 Å². The van der Waals surface area contributed by atoms with Crippen LogP contribution in [0.4, 0.5) is 0 Å². The van der Waals surface area contributed by atoms with Crippen molar-refractivity contribution in [3.8, 4) is 11.4 Å². The minimum atomic E-state index is -3.24. The van der Waals surface area contributed by atoms with Gasteiger partial charge in [0.1, 0.15) is 5.82 Å². The van der Waals surface area contributed by atoms with E-state index in [0.717, 1.165) is 47.0 Å². The summed E-state index contributed by atoms with van der Waals surface area (Å²) >= 11 is 0. The predicted molar refractivity (Wildman–Crippen MR) is 126 cm³/mol. The highest BCUT2D eigenvalue weighted by molar-refractivity contribution is 7.90. The Kier molecular flexibility index (Phi) is 5.55. The first-order valence-electron chi connectivity index (χ1n) is 10.8. The molecule has 3 heterocycles. The molecule has 0 bridgehead atoms. The van der Waals surface area contributed by atoms with E-state index in [1.165, 1.54) is 6.26 Å². The molecule has 2 aromatic carbocycles. The van der Waals surface area contributed by atoms with Gasteiger partial charge in [-0.2, -0.15) is 0 Å². The monoisotopic (exact) mass is 459 g/mol. The largest absolute Gasteiger partial charge is 0.309 e. The molecule has 1 atom stereocenters. The smallest absolute Gasteiger partial charge is 0.175 e. The van der Waals surface area contributed by atoms with Gasteiger partial charge in [-0.1, -0.05) is 42.5 Å². The zero-order valence-corrected chi connectivity index (χ0v) is 19.4. The molecule has 7 nitrogen and oxygen atoms in total. The van der Waals surface area contributed by atoms with Gasteiger partial charge in [-0.15, -0.1) is 10.2 Å². The molecule has 168 valence electrons. The van der Waals surface area contributed by atoms with Crippen molar-refractivity contribution in [1.29, 1.82) is 0 Å². The van der Waals surface area contributed by atoms with Gasteiger partial charge in [-0.25, -0.2) is 8.42 Å². The van der Waals surface area contributed by atoms with Gasteiger partial charge in [-0.3, -0.25) is 9.88 Å². The van der Waals surface area contributed by atoms with Crippen LogP contribution >= 0.6 is 0 Å². The summed E-state index contributed by atoms with van der Waals surface area (Å²) in [5, 5.41) is 8.96. The minimum absolute atomic E-state index is 0.0191. The fourth-order valence-electron chi connectivity index (χ4n) is 4.43. The normalized spacial score (nSPS) is 15.2. The highest BCUT2D eigenvalue weighted by Crippen LogP contribution is 2.33. The van der Waals surface area contributed by atoms with Gasteiger partial charge < -0.3 is 4.57 Å². The topological polar surface area (TPSA) is 81.0 Å². The second-order valence-electron chi connectivity index (χ2n) is 8.47. The number of nitrogens with zero attached hydrogens (tertiary/aromatic N) is 5. The standard InChI is InChI=1S/C25H25N5O2S/c1-18-14-21(16-26-15-18)25-28-27-23-17-29(12-13-30(23)25)24(19-6-4-3-5-7-19)20-8-10-22(11-9-20)33(2,31)32/h3-11,14-16,24H,12-13,17H2,1-2H3. The van der Waals surface area contributed by atoms with Gasteiger partial charge >= 0.3 is 0 Å². The van der Waals surface area contributed by atoms with Crippen molar-refractivity contribution in [2.45, 2.75) is 31.0 Å². The molecular formula is C25H25N5O2S. The van der Waals surface area contributed by atoms with Crippen molar-refractivity contribution >= 4 is 9.84 Å². The van der Waals surface area contributed by atoms with Crippen LogP contribution in [0.2, 0.25) is 0 Å². The second kappa shape index (κ2) is 8.53. The first-order chi connectivity index (χ1) is 15.9. The Bertz CT molecular complexity index is 1380. The maximum absolute atomic E-state index is 11.9. The molecule has 0 fully saturated rings. The molecule has 5 rings (SSSR count).